The lowest BCUT2D eigenvalue weighted by Crippen LogP contribution is -2.51. The molecule has 0 spiro atoms. The van der Waals surface area contributed by atoms with Crippen molar-refractivity contribution in [2.45, 2.75) is 118 Å². The van der Waals surface area contributed by atoms with Gasteiger partial charge in [-0.15, -0.1) is 0 Å². The fraction of sp³-hybridized carbons (Fsp3) is 0.743. The standard InChI is InChI=1S/C35H52O2/c1-23(2)8-7-9-25(4)30-16-17-31-29-15-14-27-22-28(37-33(36)26-12-10-24(3)11-13-26)18-20-34(27,5)32(29)19-21-35(30,31)6/h10-14,23,25,28-32H,7-9,15-22H2,1-6H3/t25-,28+,29+,30-,31+,32+,34+,35-/m1/s1. The van der Waals surface area contributed by atoms with E-state index in [4.69, 9.17) is 4.74 Å². The zero-order valence-electron chi connectivity index (χ0n) is 24.5. The fourth-order valence-corrected chi connectivity index (χ4v) is 9.66. The number of benzene rings is 1. The van der Waals surface area contributed by atoms with E-state index in [1.807, 2.05) is 31.2 Å². The van der Waals surface area contributed by atoms with Gasteiger partial charge in [-0.3, -0.25) is 0 Å². The molecule has 5 rings (SSSR count). The van der Waals surface area contributed by atoms with Crippen LogP contribution in [0.1, 0.15) is 121 Å². The summed E-state index contributed by atoms with van der Waals surface area (Å²) in [4.78, 5) is 12.8. The van der Waals surface area contributed by atoms with E-state index in [1.165, 1.54) is 63.4 Å². The monoisotopic (exact) mass is 504 g/mol. The molecule has 3 saturated carbocycles. The van der Waals surface area contributed by atoms with E-state index in [9.17, 15) is 4.79 Å². The van der Waals surface area contributed by atoms with Gasteiger partial charge in [0.15, 0.2) is 0 Å². The van der Waals surface area contributed by atoms with Crippen LogP contribution in [0.15, 0.2) is 35.9 Å². The number of esters is 1. The molecule has 0 radical (unpaired) electrons. The zero-order chi connectivity index (χ0) is 26.4. The minimum atomic E-state index is -0.157. The van der Waals surface area contributed by atoms with Crippen LogP contribution in [-0.4, -0.2) is 12.1 Å². The summed E-state index contributed by atoms with van der Waals surface area (Å²) in [7, 11) is 0. The highest BCUT2D eigenvalue weighted by atomic mass is 16.5. The first-order valence-electron chi connectivity index (χ1n) is 15.6. The molecule has 0 bridgehead atoms. The highest BCUT2D eigenvalue weighted by Gasteiger charge is 2.59. The van der Waals surface area contributed by atoms with E-state index in [1.54, 1.807) is 5.57 Å². The van der Waals surface area contributed by atoms with Gasteiger partial charge in [0.1, 0.15) is 6.10 Å². The number of rotatable bonds is 7. The molecule has 2 heteroatoms. The third-order valence-corrected chi connectivity index (χ3v) is 11.8. The van der Waals surface area contributed by atoms with Gasteiger partial charge in [0.25, 0.3) is 0 Å². The molecular formula is C35H52O2. The molecule has 1 aromatic rings. The first-order chi connectivity index (χ1) is 17.6. The van der Waals surface area contributed by atoms with E-state index < -0.39 is 0 Å². The van der Waals surface area contributed by atoms with Crippen molar-refractivity contribution in [3.8, 4) is 0 Å². The maximum Gasteiger partial charge on any atom is 0.338 e. The number of carbonyl (C=O) groups is 1. The summed E-state index contributed by atoms with van der Waals surface area (Å²) < 4.78 is 6.04. The van der Waals surface area contributed by atoms with E-state index in [2.05, 4.69) is 40.7 Å². The van der Waals surface area contributed by atoms with Crippen molar-refractivity contribution in [2.75, 3.05) is 0 Å². The van der Waals surface area contributed by atoms with Gasteiger partial charge in [0.05, 0.1) is 5.56 Å². The number of hydrogen-bond donors (Lipinski definition) is 0. The van der Waals surface area contributed by atoms with Crippen molar-refractivity contribution in [2.24, 2.45) is 46.3 Å². The Labute approximate surface area is 227 Å². The summed E-state index contributed by atoms with van der Waals surface area (Å²) in [5.74, 6) is 5.03. The summed E-state index contributed by atoms with van der Waals surface area (Å²) in [5.41, 5.74) is 4.29. The smallest absolute Gasteiger partial charge is 0.338 e. The number of aryl methyl sites for hydroxylation is 1. The second kappa shape index (κ2) is 10.5. The molecule has 3 fully saturated rings. The number of carbonyl (C=O) groups excluding carboxylic acids is 1. The van der Waals surface area contributed by atoms with Crippen LogP contribution in [0, 0.1) is 53.3 Å². The molecule has 0 aromatic heterocycles. The molecule has 0 unspecified atom stereocenters. The number of fused-ring (bicyclic) bond motifs is 5. The second-order valence-electron chi connectivity index (χ2n) is 14.4. The van der Waals surface area contributed by atoms with Gasteiger partial charge < -0.3 is 4.74 Å². The van der Waals surface area contributed by atoms with Crippen LogP contribution in [0.25, 0.3) is 0 Å². The Balaban J connectivity index is 1.25. The quantitative estimate of drug-likeness (QED) is 0.273. The number of allylic oxidation sites excluding steroid dienone is 1. The van der Waals surface area contributed by atoms with Crippen molar-refractivity contribution < 1.29 is 9.53 Å². The van der Waals surface area contributed by atoms with Crippen molar-refractivity contribution in [1.29, 1.82) is 0 Å². The average molecular weight is 505 g/mol. The minimum Gasteiger partial charge on any atom is -0.458 e. The third-order valence-electron chi connectivity index (χ3n) is 11.8. The molecule has 4 aliphatic rings. The molecule has 37 heavy (non-hydrogen) atoms. The van der Waals surface area contributed by atoms with Gasteiger partial charge in [-0.2, -0.15) is 0 Å². The van der Waals surface area contributed by atoms with Crippen molar-refractivity contribution >= 4 is 5.97 Å². The lowest BCUT2D eigenvalue weighted by atomic mass is 9.47. The SMILES string of the molecule is Cc1ccc(C(=O)O[C@H]2CC[C@@]3(C)C(=CC[C@H]4[C@@H]5CC[C@H]([C@H](C)CCCC(C)C)[C@@]5(C)CC[C@@H]43)C2)cc1. The lowest BCUT2D eigenvalue weighted by Gasteiger charge is -2.58. The Bertz CT molecular complexity index is 989. The lowest BCUT2D eigenvalue weighted by molar-refractivity contribution is -0.0594. The van der Waals surface area contributed by atoms with Gasteiger partial charge in [-0.05, 0) is 110 Å². The van der Waals surface area contributed by atoms with E-state index in [-0.39, 0.29) is 12.1 Å². The predicted octanol–water partition coefficient (Wildman–Crippen LogP) is 9.56. The molecule has 0 aliphatic heterocycles. The van der Waals surface area contributed by atoms with Gasteiger partial charge in [0, 0.05) is 6.42 Å². The Morgan fingerprint density at radius 2 is 1.73 bits per heavy atom. The summed E-state index contributed by atoms with van der Waals surface area (Å²) >= 11 is 0. The molecule has 4 aliphatic carbocycles. The molecule has 0 heterocycles. The van der Waals surface area contributed by atoms with Gasteiger partial charge in [-0.1, -0.05) is 83.2 Å². The van der Waals surface area contributed by atoms with Gasteiger partial charge in [-0.25, -0.2) is 4.79 Å². The Hall–Kier alpha value is -1.57. The van der Waals surface area contributed by atoms with Crippen molar-refractivity contribution in [1.82, 2.24) is 0 Å². The molecule has 8 atom stereocenters. The van der Waals surface area contributed by atoms with Gasteiger partial charge >= 0.3 is 5.97 Å². The summed E-state index contributed by atoms with van der Waals surface area (Å²) in [6.45, 7) is 14.6. The van der Waals surface area contributed by atoms with Crippen LogP contribution >= 0.6 is 0 Å². The normalized spacial score (nSPS) is 37.8. The Morgan fingerprint density at radius 3 is 2.46 bits per heavy atom. The van der Waals surface area contributed by atoms with Crippen molar-refractivity contribution in [3.63, 3.8) is 0 Å². The Kier molecular flexibility index (Phi) is 7.69. The molecule has 1 aromatic carbocycles. The van der Waals surface area contributed by atoms with Crippen molar-refractivity contribution in [3.05, 3.63) is 47.0 Å². The highest BCUT2D eigenvalue weighted by molar-refractivity contribution is 5.89. The van der Waals surface area contributed by atoms with E-state index in [0.29, 0.717) is 16.4 Å². The van der Waals surface area contributed by atoms with Crippen LogP contribution < -0.4 is 0 Å². The summed E-state index contributed by atoms with van der Waals surface area (Å²) in [6, 6.07) is 7.78. The molecule has 0 N–H and O–H groups in total. The predicted molar refractivity (Wildman–Crippen MR) is 153 cm³/mol. The minimum absolute atomic E-state index is 0.0288. The molecule has 0 amide bonds. The van der Waals surface area contributed by atoms with Crippen LogP contribution in [0.2, 0.25) is 0 Å². The molecule has 2 nitrogen and oxygen atoms in total. The van der Waals surface area contributed by atoms with Gasteiger partial charge in [0.2, 0.25) is 0 Å². The highest BCUT2D eigenvalue weighted by Crippen LogP contribution is 2.67. The molecule has 204 valence electrons. The largest absolute Gasteiger partial charge is 0.458 e. The first-order valence-corrected chi connectivity index (χ1v) is 15.6. The fourth-order valence-electron chi connectivity index (χ4n) is 9.66. The first kappa shape index (κ1) is 27.0. The van der Waals surface area contributed by atoms with Crippen LogP contribution in [0.5, 0.6) is 0 Å². The van der Waals surface area contributed by atoms with Crippen LogP contribution in [0.4, 0.5) is 0 Å². The molecule has 0 saturated heterocycles. The van der Waals surface area contributed by atoms with Crippen LogP contribution in [-0.2, 0) is 4.74 Å². The second-order valence-corrected chi connectivity index (χ2v) is 14.4. The van der Waals surface area contributed by atoms with E-state index in [0.717, 1.165) is 48.3 Å². The van der Waals surface area contributed by atoms with E-state index >= 15 is 0 Å². The number of ether oxygens (including phenoxy) is 1. The zero-order valence-corrected chi connectivity index (χ0v) is 24.5. The topological polar surface area (TPSA) is 26.3 Å². The number of hydrogen-bond acceptors (Lipinski definition) is 2. The maximum atomic E-state index is 12.8. The maximum absolute atomic E-state index is 12.8. The summed E-state index contributed by atoms with van der Waals surface area (Å²) in [6.07, 6.45) is 16.9. The summed E-state index contributed by atoms with van der Waals surface area (Å²) in [5, 5.41) is 0. The molecular weight excluding hydrogens is 452 g/mol. The Morgan fingerprint density at radius 1 is 0.973 bits per heavy atom. The average Bonchev–Trinajstić information content (AvgIpc) is 3.21. The third kappa shape index (κ3) is 5.08. The van der Waals surface area contributed by atoms with Crippen LogP contribution in [0.3, 0.4) is 0 Å².